The Bertz CT molecular complexity index is 868. The Morgan fingerprint density at radius 2 is 1.54 bits per heavy atom. The summed E-state index contributed by atoms with van der Waals surface area (Å²) in [7, 11) is 0. The molecule has 0 radical (unpaired) electrons. The van der Waals surface area contributed by atoms with E-state index in [-0.39, 0.29) is 5.91 Å². The van der Waals surface area contributed by atoms with Crippen LogP contribution in [0.25, 0.3) is 0 Å². The lowest BCUT2D eigenvalue weighted by Crippen LogP contribution is -2.32. The molecule has 0 aliphatic carbocycles. The van der Waals surface area contributed by atoms with Crippen molar-refractivity contribution in [1.29, 1.82) is 0 Å². The Kier molecular flexibility index (Phi) is 5.43. The molecule has 0 spiro atoms. The van der Waals surface area contributed by atoms with Gasteiger partial charge in [-0.25, -0.2) is 4.98 Å². The van der Waals surface area contributed by atoms with Crippen LogP contribution in [0, 0.1) is 6.92 Å². The first kappa shape index (κ1) is 17.4. The number of aryl methyl sites for hydroxylation is 1. The first-order valence-corrected chi connectivity index (χ1v) is 8.40. The van der Waals surface area contributed by atoms with Crippen LogP contribution in [0.5, 0.6) is 0 Å². The van der Waals surface area contributed by atoms with E-state index in [1.54, 1.807) is 6.92 Å². The molecular formula is C20H21N5O. The predicted octanol–water partition coefficient (Wildman–Crippen LogP) is 3.97. The summed E-state index contributed by atoms with van der Waals surface area (Å²) in [6, 6.07) is 20.4. The van der Waals surface area contributed by atoms with Gasteiger partial charge in [-0.3, -0.25) is 4.79 Å². The number of rotatable bonds is 6. The lowest BCUT2D eigenvalue weighted by molar-refractivity contribution is -0.116. The van der Waals surface area contributed by atoms with E-state index < -0.39 is 6.04 Å². The van der Waals surface area contributed by atoms with Gasteiger partial charge in [-0.2, -0.15) is 4.98 Å². The molecule has 1 heterocycles. The number of hydrogen-bond donors (Lipinski definition) is 3. The molecule has 0 fully saturated rings. The predicted molar refractivity (Wildman–Crippen MR) is 105 cm³/mol. The molecule has 0 aliphatic rings. The Morgan fingerprint density at radius 1 is 0.923 bits per heavy atom. The monoisotopic (exact) mass is 347 g/mol. The van der Waals surface area contributed by atoms with E-state index in [0.29, 0.717) is 11.8 Å². The highest BCUT2D eigenvalue weighted by Crippen LogP contribution is 2.16. The average Bonchev–Trinajstić information content (AvgIpc) is 2.63. The molecule has 1 amide bonds. The van der Waals surface area contributed by atoms with E-state index in [1.807, 2.05) is 73.7 Å². The number of anilines is 4. The highest BCUT2D eigenvalue weighted by atomic mass is 16.2. The quantitative estimate of drug-likeness (QED) is 0.629. The van der Waals surface area contributed by atoms with Gasteiger partial charge >= 0.3 is 0 Å². The third-order valence-corrected chi connectivity index (χ3v) is 3.68. The number of hydrogen-bond acceptors (Lipinski definition) is 5. The highest BCUT2D eigenvalue weighted by Gasteiger charge is 2.14. The molecule has 3 N–H and O–H groups in total. The zero-order valence-corrected chi connectivity index (χ0v) is 14.7. The molecule has 26 heavy (non-hydrogen) atoms. The maximum atomic E-state index is 12.3. The van der Waals surface area contributed by atoms with Crippen molar-refractivity contribution in [2.45, 2.75) is 19.9 Å². The summed E-state index contributed by atoms with van der Waals surface area (Å²) in [5.74, 6) is 0.936. The van der Waals surface area contributed by atoms with Crippen LogP contribution in [0.2, 0.25) is 0 Å². The fourth-order valence-corrected chi connectivity index (χ4v) is 2.41. The normalized spacial score (nSPS) is 11.5. The van der Waals surface area contributed by atoms with Gasteiger partial charge in [0.1, 0.15) is 11.9 Å². The van der Waals surface area contributed by atoms with Crippen LogP contribution in [-0.4, -0.2) is 21.9 Å². The Labute approximate surface area is 152 Å². The molecule has 6 nitrogen and oxygen atoms in total. The third-order valence-electron chi connectivity index (χ3n) is 3.68. The number of nitrogens with one attached hydrogen (secondary N) is 3. The summed E-state index contributed by atoms with van der Waals surface area (Å²) in [5, 5.41) is 9.16. The van der Waals surface area contributed by atoms with Crippen LogP contribution in [-0.2, 0) is 4.79 Å². The Hall–Kier alpha value is -3.41. The number of para-hydroxylation sites is 2. The number of carbonyl (C=O) groups is 1. The Morgan fingerprint density at radius 3 is 2.19 bits per heavy atom. The van der Waals surface area contributed by atoms with Crippen LogP contribution in [0.15, 0.2) is 66.7 Å². The summed E-state index contributed by atoms with van der Waals surface area (Å²) in [6.07, 6.45) is 0. The minimum Gasteiger partial charge on any atom is -0.358 e. The molecule has 1 atom stereocenters. The lowest BCUT2D eigenvalue weighted by Gasteiger charge is -2.16. The van der Waals surface area contributed by atoms with Crippen LogP contribution in [0.3, 0.4) is 0 Å². The van der Waals surface area contributed by atoms with Crippen molar-refractivity contribution in [3.63, 3.8) is 0 Å². The number of aromatic nitrogens is 2. The van der Waals surface area contributed by atoms with Gasteiger partial charge in [0, 0.05) is 23.1 Å². The second kappa shape index (κ2) is 8.11. The van der Waals surface area contributed by atoms with Crippen molar-refractivity contribution >= 4 is 29.0 Å². The number of amides is 1. The van der Waals surface area contributed by atoms with E-state index in [2.05, 4.69) is 25.9 Å². The SMILES string of the molecule is Cc1cc(N[C@@H](C)C(=O)Nc2ccccc2)nc(Nc2ccccc2)n1. The third kappa shape index (κ3) is 4.80. The molecular weight excluding hydrogens is 326 g/mol. The summed E-state index contributed by atoms with van der Waals surface area (Å²) < 4.78 is 0. The minimum absolute atomic E-state index is 0.134. The van der Waals surface area contributed by atoms with E-state index >= 15 is 0 Å². The van der Waals surface area contributed by atoms with E-state index in [9.17, 15) is 4.79 Å². The van der Waals surface area contributed by atoms with Gasteiger partial charge in [-0.15, -0.1) is 0 Å². The van der Waals surface area contributed by atoms with Crippen molar-refractivity contribution in [2.75, 3.05) is 16.0 Å². The maximum absolute atomic E-state index is 12.3. The van der Waals surface area contributed by atoms with Crippen molar-refractivity contribution in [1.82, 2.24) is 9.97 Å². The van der Waals surface area contributed by atoms with Crippen molar-refractivity contribution < 1.29 is 4.79 Å². The van der Waals surface area contributed by atoms with Crippen LogP contribution >= 0.6 is 0 Å². The summed E-state index contributed by atoms with van der Waals surface area (Å²) in [6.45, 7) is 3.68. The summed E-state index contributed by atoms with van der Waals surface area (Å²) >= 11 is 0. The molecule has 3 rings (SSSR count). The smallest absolute Gasteiger partial charge is 0.246 e. The van der Waals surface area contributed by atoms with Gasteiger partial charge in [0.2, 0.25) is 11.9 Å². The highest BCUT2D eigenvalue weighted by molar-refractivity contribution is 5.96. The number of carbonyl (C=O) groups excluding carboxylic acids is 1. The molecule has 0 aliphatic heterocycles. The fraction of sp³-hybridized carbons (Fsp3) is 0.150. The van der Waals surface area contributed by atoms with E-state index in [0.717, 1.165) is 17.1 Å². The number of nitrogens with zero attached hydrogens (tertiary/aromatic N) is 2. The molecule has 0 unspecified atom stereocenters. The van der Waals surface area contributed by atoms with Gasteiger partial charge in [0.25, 0.3) is 0 Å². The maximum Gasteiger partial charge on any atom is 0.246 e. The fourth-order valence-electron chi connectivity index (χ4n) is 2.41. The zero-order valence-electron chi connectivity index (χ0n) is 14.7. The van der Waals surface area contributed by atoms with Gasteiger partial charge in [-0.1, -0.05) is 36.4 Å². The van der Waals surface area contributed by atoms with Gasteiger partial charge < -0.3 is 16.0 Å². The average molecular weight is 347 g/mol. The van der Waals surface area contributed by atoms with Crippen molar-refractivity contribution in [3.8, 4) is 0 Å². The largest absolute Gasteiger partial charge is 0.358 e. The molecule has 2 aromatic carbocycles. The standard InChI is InChI=1S/C20H21N5O/c1-14-13-18(25-20(21-14)24-17-11-7-4-8-12-17)22-15(2)19(26)23-16-9-5-3-6-10-16/h3-13,15H,1-2H3,(H,23,26)(H2,21,22,24,25)/t15-/m0/s1. The summed E-state index contributed by atoms with van der Waals surface area (Å²) in [4.78, 5) is 21.2. The molecule has 132 valence electrons. The topological polar surface area (TPSA) is 78.9 Å². The Balaban J connectivity index is 1.68. The first-order valence-electron chi connectivity index (χ1n) is 8.40. The van der Waals surface area contributed by atoms with Crippen LogP contribution in [0.1, 0.15) is 12.6 Å². The van der Waals surface area contributed by atoms with Crippen LogP contribution in [0.4, 0.5) is 23.1 Å². The summed E-state index contributed by atoms with van der Waals surface area (Å²) in [5.41, 5.74) is 2.46. The van der Waals surface area contributed by atoms with Crippen molar-refractivity contribution in [3.05, 3.63) is 72.4 Å². The van der Waals surface area contributed by atoms with E-state index in [1.165, 1.54) is 0 Å². The van der Waals surface area contributed by atoms with Crippen molar-refractivity contribution in [2.24, 2.45) is 0 Å². The second-order valence-corrected chi connectivity index (χ2v) is 5.93. The molecule has 6 heteroatoms. The molecule has 0 saturated heterocycles. The minimum atomic E-state index is -0.450. The lowest BCUT2D eigenvalue weighted by atomic mass is 10.2. The first-order chi connectivity index (χ1) is 12.6. The number of benzene rings is 2. The molecule has 1 aromatic heterocycles. The molecule has 0 bridgehead atoms. The van der Waals surface area contributed by atoms with Crippen LogP contribution < -0.4 is 16.0 Å². The van der Waals surface area contributed by atoms with Gasteiger partial charge in [0.15, 0.2) is 0 Å². The second-order valence-electron chi connectivity index (χ2n) is 5.93. The van der Waals surface area contributed by atoms with Gasteiger partial charge in [0.05, 0.1) is 0 Å². The molecule has 3 aromatic rings. The molecule has 0 saturated carbocycles. The van der Waals surface area contributed by atoms with E-state index in [4.69, 9.17) is 0 Å². The van der Waals surface area contributed by atoms with Gasteiger partial charge in [-0.05, 0) is 38.1 Å². The zero-order chi connectivity index (χ0) is 18.4.